The van der Waals surface area contributed by atoms with Crippen molar-refractivity contribution in [1.82, 2.24) is 4.90 Å². The highest BCUT2D eigenvalue weighted by molar-refractivity contribution is 6.77. The van der Waals surface area contributed by atoms with Gasteiger partial charge in [0.05, 0.1) is 17.3 Å². The highest BCUT2D eigenvalue weighted by Crippen LogP contribution is 2.53. The van der Waals surface area contributed by atoms with E-state index in [4.69, 9.17) is 44.0 Å². The molecule has 0 aromatic rings. The van der Waals surface area contributed by atoms with Gasteiger partial charge in [0.1, 0.15) is 12.9 Å². The van der Waals surface area contributed by atoms with Crippen molar-refractivity contribution in [2.24, 2.45) is 5.92 Å². The van der Waals surface area contributed by atoms with Crippen molar-refractivity contribution in [3.63, 3.8) is 0 Å². The van der Waals surface area contributed by atoms with Gasteiger partial charge in [0.25, 0.3) is 8.32 Å². The van der Waals surface area contributed by atoms with Crippen molar-refractivity contribution in [3.8, 4) is 0 Å². The minimum Gasteiger partial charge on any atom is -0.546 e. The van der Waals surface area contributed by atoms with Gasteiger partial charge in [-0.15, -0.1) is 0 Å². The van der Waals surface area contributed by atoms with Crippen molar-refractivity contribution >= 4 is 55.5 Å². The maximum atomic E-state index is 13.9. The Labute approximate surface area is 253 Å². The van der Waals surface area contributed by atoms with Gasteiger partial charge in [0, 0.05) is 12.3 Å². The van der Waals surface area contributed by atoms with Crippen molar-refractivity contribution in [2.75, 3.05) is 6.61 Å². The van der Waals surface area contributed by atoms with Crippen LogP contribution in [0.5, 0.6) is 0 Å². The third-order valence-electron chi connectivity index (χ3n) is 9.12. The topological polar surface area (TPSA) is 55.8 Å². The number of carbonyl (C=O) groups excluding carboxylic acids is 2. The van der Waals surface area contributed by atoms with Gasteiger partial charge in [-0.25, -0.2) is 4.79 Å². The molecule has 1 aliphatic carbocycles. The fraction of sp³-hybridized carbons (Fsp3) is 0.867. The number of alkyl halides is 3. The van der Waals surface area contributed by atoms with Gasteiger partial charge in [-0.1, -0.05) is 122 Å². The van der Waals surface area contributed by atoms with Crippen LogP contribution in [0.15, 0.2) is 11.8 Å². The summed E-state index contributed by atoms with van der Waals surface area (Å²) in [4.78, 5) is 27.5. The molecule has 0 aromatic carbocycles. The van der Waals surface area contributed by atoms with Gasteiger partial charge in [-0.2, -0.15) is 0 Å². The van der Waals surface area contributed by atoms with Crippen LogP contribution in [-0.4, -0.2) is 47.6 Å². The highest BCUT2D eigenvalue weighted by Gasteiger charge is 2.57. The number of aldehydes is 1. The molecule has 0 spiro atoms. The third kappa shape index (κ3) is 8.32. The first kappa shape index (κ1) is 34.8. The molecule has 2 aliphatic rings. The van der Waals surface area contributed by atoms with Crippen LogP contribution in [0, 0.1) is 5.92 Å². The van der Waals surface area contributed by atoms with Gasteiger partial charge in [-0.3, -0.25) is 4.90 Å². The van der Waals surface area contributed by atoms with Crippen LogP contribution in [0.3, 0.4) is 0 Å². The van der Waals surface area contributed by atoms with Gasteiger partial charge < -0.3 is 14.0 Å². The van der Waals surface area contributed by atoms with E-state index in [2.05, 4.69) is 54.5 Å². The van der Waals surface area contributed by atoms with E-state index in [9.17, 15) is 9.59 Å². The van der Waals surface area contributed by atoms with Crippen LogP contribution >= 0.6 is 34.8 Å². The quantitative estimate of drug-likeness (QED) is 0.0835. The molecule has 9 heteroatoms. The Hall–Kier alpha value is -0.433. The summed E-state index contributed by atoms with van der Waals surface area (Å²) in [6.45, 7) is 15.7. The van der Waals surface area contributed by atoms with E-state index in [1.165, 1.54) is 0 Å². The number of carbonyl (C=O) groups is 2. The molecule has 2 rings (SSSR count). The van der Waals surface area contributed by atoms with E-state index in [1.807, 2.05) is 4.90 Å². The Morgan fingerprint density at radius 2 is 1.74 bits per heavy atom. The highest BCUT2D eigenvalue weighted by atomic mass is 35.6. The number of nitrogens with zero attached hydrogens (tertiary/aromatic N) is 1. The second-order valence-electron chi connectivity index (χ2n) is 12.6. The summed E-state index contributed by atoms with van der Waals surface area (Å²) in [6, 6.07) is -0.195. The Morgan fingerprint density at radius 3 is 2.28 bits per heavy atom. The molecule has 1 amide bonds. The lowest BCUT2D eigenvalue weighted by atomic mass is 9.65. The Balaban J connectivity index is 2.67. The molecule has 0 unspecified atom stereocenters. The zero-order valence-electron chi connectivity index (χ0n) is 25.2. The first-order valence-electron chi connectivity index (χ1n) is 15.1. The van der Waals surface area contributed by atoms with E-state index in [0.29, 0.717) is 29.5 Å². The smallest absolute Gasteiger partial charge is 0.410 e. The van der Waals surface area contributed by atoms with Gasteiger partial charge in [0.2, 0.25) is 3.79 Å². The molecule has 1 heterocycles. The molecule has 0 N–H and O–H groups in total. The molecule has 1 aliphatic heterocycles. The summed E-state index contributed by atoms with van der Waals surface area (Å²) < 4.78 is 11.4. The van der Waals surface area contributed by atoms with Crippen molar-refractivity contribution in [2.45, 2.75) is 151 Å². The predicted octanol–water partition coefficient (Wildman–Crippen LogP) is 10.1. The molecule has 1 fully saturated rings. The standard InChI is InChI=1S/C30H52Cl3NO4Si/c1-8-9-10-11-15-25-20-27(38-39(22(2)3,23(4)5)24(6)7)26-16-12-13-17-29(26,18-14-19-35)34(25)28(36)37-21-30(31,32)33/h19-20,22-26H,8-18,21H2,1-7H3/t25-,26-,29+/m1/s1. The molecular weight excluding hydrogens is 573 g/mol. The normalized spacial score (nSPS) is 24.1. The maximum absolute atomic E-state index is 13.9. The lowest BCUT2D eigenvalue weighted by molar-refractivity contribution is -0.109. The SMILES string of the molecule is CCCCCC[C@@H]1C=C(O[Si](C(C)C)(C(C)C)C(C)C)[C@H]2CCCC[C@@]2(CCC=O)N1C(=O)OCC(Cl)(Cl)Cl. The molecule has 3 atom stereocenters. The number of amides is 1. The third-order valence-corrected chi connectivity index (χ3v) is 15.4. The predicted molar refractivity (Wildman–Crippen MR) is 166 cm³/mol. The van der Waals surface area contributed by atoms with Gasteiger partial charge in [0.15, 0.2) is 0 Å². The second-order valence-corrected chi connectivity index (χ2v) is 20.4. The summed E-state index contributed by atoms with van der Waals surface area (Å²) in [5.41, 5.74) is 0.735. The lowest BCUT2D eigenvalue weighted by Gasteiger charge is -2.57. The number of hydrogen-bond acceptors (Lipinski definition) is 4. The summed E-state index contributed by atoms with van der Waals surface area (Å²) in [7, 11) is -2.24. The number of halogens is 3. The van der Waals surface area contributed by atoms with Crippen LogP contribution in [0.1, 0.15) is 119 Å². The largest absolute Gasteiger partial charge is 0.546 e. The minimum absolute atomic E-state index is 0.0153. The number of rotatable bonds is 14. The van der Waals surface area contributed by atoms with E-state index in [0.717, 1.165) is 69.8 Å². The first-order chi connectivity index (χ1) is 18.3. The molecular formula is C30H52Cl3NO4Si. The number of unbranched alkanes of at least 4 members (excludes halogenated alkanes) is 3. The summed E-state index contributed by atoms with van der Waals surface area (Å²) in [5.74, 6) is 1.07. The summed E-state index contributed by atoms with van der Waals surface area (Å²) in [6.07, 6.45) is 12.7. The zero-order chi connectivity index (χ0) is 29.4. The average Bonchev–Trinajstić information content (AvgIpc) is 2.85. The summed E-state index contributed by atoms with van der Waals surface area (Å²) >= 11 is 17.9. The minimum atomic E-state index is -2.24. The molecule has 226 valence electrons. The fourth-order valence-corrected chi connectivity index (χ4v) is 13.0. The molecule has 5 nitrogen and oxygen atoms in total. The number of hydrogen-bond donors (Lipinski definition) is 0. The number of fused-ring (bicyclic) bond motifs is 1. The fourth-order valence-electron chi connectivity index (χ4n) is 7.54. The first-order valence-corrected chi connectivity index (χ1v) is 18.4. The van der Waals surface area contributed by atoms with Crippen LogP contribution in [0.2, 0.25) is 16.6 Å². The van der Waals surface area contributed by atoms with Crippen molar-refractivity contribution in [1.29, 1.82) is 0 Å². The zero-order valence-corrected chi connectivity index (χ0v) is 28.5. The molecule has 1 saturated carbocycles. The Bertz CT molecular complexity index is 808. The van der Waals surface area contributed by atoms with Crippen LogP contribution in [0.25, 0.3) is 0 Å². The van der Waals surface area contributed by atoms with Crippen molar-refractivity contribution in [3.05, 3.63) is 11.8 Å². The average molecular weight is 625 g/mol. The van der Waals surface area contributed by atoms with Crippen LogP contribution in [-0.2, 0) is 14.0 Å². The summed E-state index contributed by atoms with van der Waals surface area (Å²) in [5, 5.41) is 0. The molecule has 0 saturated heterocycles. The molecule has 0 radical (unpaired) electrons. The van der Waals surface area contributed by atoms with Crippen molar-refractivity contribution < 1.29 is 18.8 Å². The van der Waals surface area contributed by atoms with E-state index in [-0.39, 0.29) is 18.6 Å². The maximum Gasteiger partial charge on any atom is 0.410 e. The van der Waals surface area contributed by atoms with E-state index < -0.39 is 23.7 Å². The number of ether oxygens (including phenoxy) is 1. The van der Waals surface area contributed by atoms with Crippen LogP contribution in [0.4, 0.5) is 4.79 Å². The van der Waals surface area contributed by atoms with Gasteiger partial charge >= 0.3 is 6.09 Å². The lowest BCUT2D eigenvalue weighted by Crippen LogP contribution is -2.65. The Kier molecular flexibility index (Phi) is 13.5. The van der Waals surface area contributed by atoms with Gasteiger partial charge in [-0.05, 0) is 48.4 Å². The molecule has 0 bridgehead atoms. The van der Waals surface area contributed by atoms with E-state index in [1.54, 1.807) is 0 Å². The monoisotopic (exact) mass is 623 g/mol. The molecule has 0 aromatic heterocycles. The van der Waals surface area contributed by atoms with Crippen LogP contribution < -0.4 is 0 Å². The second kappa shape index (κ2) is 15.2. The molecule has 39 heavy (non-hydrogen) atoms. The van der Waals surface area contributed by atoms with E-state index >= 15 is 0 Å². The Morgan fingerprint density at radius 1 is 1.10 bits per heavy atom.